The molecule has 24 heavy (non-hydrogen) atoms. The van der Waals surface area contributed by atoms with Crippen molar-refractivity contribution in [2.75, 3.05) is 24.5 Å². The number of aromatic nitrogens is 2. The Labute approximate surface area is 140 Å². The number of piperidine rings is 1. The molecule has 7 heteroatoms. The third-order valence-corrected chi connectivity index (χ3v) is 4.27. The number of pyridine rings is 1. The maximum Gasteiger partial charge on any atom is 0.273 e. The molecule has 124 valence electrons. The van der Waals surface area contributed by atoms with Crippen molar-refractivity contribution in [3.8, 4) is 6.07 Å². The van der Waals surface area contributed by atoms with Crippen LogP contribution in [0, 0.1) is 24.2 Å². The summed E-state index contributed by atoms with van der Waals surface area (Å²) in [5, 5.41) is 15.8. The Hall–Kier alpha value is -2.88. The smallest absolute Gasteiger partial charge is 0.273 e. The number of nitriles is 1. The molecule has 1 aliphatic rings. The van der Waals surface area contributed by atoms with Crippen LogP contribution in [0.1, 0.15) is 34.6 Å². The highest BCUT2D eigenvalue weighted by atomic mass is 16.5. The highest BCUT2D eigenvalue weighted by Crippen LogP contribution is 2.24. The Morgan fingerprint density at radius 3 is 2.88 bits per heavy atom. The van der Waals surface area contributed by atoms with Gasteiger partial charge in [0.2, 0.25) is 0 Å². The molecule has 1 fully saturated rings. The molecule has 0 aliphatic carbocycles. The zero-order chi connectivity index (χ0) is 16.9. The summed E-state index contributed by atoms with van der Waals surface area (Å²) in [6.45, 7) is 4.20. The summed E-state index contributed by atoms with van der Waals surface area (Å²) >= 11 is 0. The molecule has 0 atom stereocenters. The average Bonchev–Trinajstić information content (AvgIpc) is 3.15. The van der Waals surface area contributed by atoms with Gasteiger partial charge in [0.15, 0.2) is 5.69 Å². The van der Waals surface area contributed by atoms with E-state index in [1.807, 2.05) is 19.1 Å². The first kappa shape index (κ1) is 16.0. The van der Waals surface area contributed by atoms with Crippen molar-refractivity contribution >= 4 is 11.7 Å². The van der Waals surface area contributed by atoms with Crippen LogP contribution in [0.3, 0.4) is 0 Å². The molecule has 0 spiro atoms. The minimum absolute atomic E-state index is 0.210. The Morgan fingerprint density at radius 1 is 1.42 bits per heavy atom. The number of rotatable bonds is 4. The van der Waals surface area contributed by atoms with E-state index in [0.29, 0.717) is 23.7 Å². The normalized spacial score (nSPS) is 15.1. The summed E-state index contributed by atoms with van der Waals surface area (Å²) in [6, 6.07) is 7.43. The summed E-state index contributed by atoms with van der Waals surface area (Å²) in [7, 11) is 0. The highest BCUT2D eigenvalue weighted by molar-refractivity contribution is 5.91. The summed E-state index contributed by atoms with van der Waals surface area (Å²) in [5.74, 6) is 0.966. The van der Waals surface area contributed by atoms with Gasteiger partial charge in [-0.15, -0.1) is 0 Å². The molecular weight excluding hydrogens is 306 g/mol. The maximum atomic E-state index is 11.9. The minimum Gasteiger partial charge on any atom is -0.364 e. The fourth-order valence-corrected chi connectivity index (χ4v) is 2.88. The quantitative estimate of drug-likeness (QED) is 0.922. The van der Waals surface area contributed by atoms with Crippen molar-refractivity contribution in [3.63, 3.8) is 0 Å². The fourth-order valence-electron chi connectivity index (χ4n) is 2.88. The molecule has 0 bridgehead atoms. The predicted octanol–water partition coefficient (Wildman–Crippen LogP) is 1.90. The van der Waals surface area contributed by atoms with E-state index in [-0.39, 0.29) is 5.91 Å². The van der Waals surface area contributed by atoms with Gasteiger partial charge in [-0.2, -0.15) is 5.26 Å². The van der Waals surface area contributed by atoms with E-state index in [9.17, 15) is 10.1 Å². The van der Waals surface area contributed by atoms with Crippen LogP contribution in [0.5, 0.6) is 0 Å². The Bertz CT molecular complexity index is 743. The second-order valence-electron chi connectivity index (χ2n) is 5.96. The number of hydrogen-bond acceptors (Lipinski definition) is 6. The van der Waals surface area contributed by atoms with Crippen LogP contribution in [0.25, 0.3) is 0 Å². The maximum absolute atomic E-state index is 11.9. The van der Waals surface area contributed by atoms with Crippen molar-refractivity contribution in [2.24, 2.45) is 5.92 Å². The number of nitrogens with zero attached hydrogens (tertiary/aromatic N) is 4. The first-order chi connectivity index (χ1) is 11.7. The molecule has 3 heterocycles. The molecule has 1 N–H and O–H groups in total. The molecule has 0 aromatic carbocycles. The van der Waals surface area contributed by atoms with Crippen LogP contribution in [0.2, 0.25) is 0 Å². The number of nitrogens with one attached hydrogen (secondary N) is 1. The summed E-state index contributed by atoms with van der Waals surface area (Å²) in [5.41, 5.74) is 1.82. The molecule has 0 radical (unpaired) electrons. The van der Waals surface area contributed by atoms with Crippen LogP contribution < -0.4 is 10.2 Å². The van der Waals surface area contributed by atoms with Crippen LogP contribution in [-0.2, 0) is 0 Å². The predicted molar refractivity (Wildman–Crippen MR) is 87.5 cm³/mol. The molecule has 1 aliphatic heterocycles. The molecule has 0 saturated carbocycles. The van der Waals surface area contributed by atoms with Gasteiger partial charge in [-0.05, 0) is 37.8 Å². The second-order valence-corrected chi connectivity index (χ2v) is 5.96. The molecule has 7 nitrogen and oxygen atoms in total. The van der Waals surface area contributed by atoms with Gasteiger partial charge in [-0.1, -0.05) is 5.16 Å². The highest BCUT2D eigenvalue weighted by Gasteiger charge is 2.23. The molecule has 1 amide bonds. The van der Waals surface area contributed by atoms with Gasteiger partial charge >= 0.3 is 0 Å². The third kappa shape index (κ3) is 3.54. The van der Waals surface area contributed by atoms with Gasteiger partial charge in [0, 0.05) is 31.4 Å². The Morgan fingerprint density at radius 2 is 2.21 bits per heavy atom. The lowest BCUT2D eigenvalue weighted by Crippen LogP contribution is -2.39. The number of anilines is 1. The largest absolute Gasteiger partial charge is 0.364 e. The summed E-state index contributed by atoms with van der Waals surface area (Å²) in [4.78, 5) is 18.5. The lowest BCUT2D eigenvalue weighted by Gasteiger charge is -2.33. The zero-order valence-corrected chi connectivity index (χ0v) is 13.5. The first-order valence-electron chi connectivity index (χ1n) is 7.98. The molecular formula is C17H19N5O2. The number of carbonyl (C=O) groups excluding carboxylic acids is 1. The van der Waals surface area contributed by atoms with Crippen molar-refractivity contribution in [1.82, 2.24) is 15.5 Å². The van der Waals surface area contributed by atoms with Gasteiger partial charge in [0.1, 0.15) is 18.2 Å². The monoisotopic (exact) mass is 325 g/mol. The van der Waals surface area contributed by atoms with E-state index in [2.05, 4.69) is 30.9 Å². The van der Waals surface area contributed by atoms with Gasteiger partial charge in [-0.3, -0.25) is 4.79 Å². The lowest BCUT2D eigenvalue weighted by molar-refractivity contribution is 0.0936. The van der Waals surface area contributed by atoms with Crippen LogP contribution in [0.4, 0.5) is 5.82 Å². The van der Waals surface area contributed by atoms with E-state index in [1.54, 1.807) is 6.07 Å². The Balaban J connectivity index is 1.54. The van der Waals surface area contributed by atoms with Crippen LogP contribution in [0.15, 0.2) is 29.0 Å². The van der Waals surface area contributed by atoms with Gasteiger partial charge in [-0.25, -0.2) is 4.98 Å². The standard InChI is InChI=1S/C17H19N5O2/c1-12-2-3-14(10-18)16(20-12)22-7-4-13(5-8-22)11-19-17(23)15-6-9-24-21-15/h2-3,6,9,13H,4-5,7-8,11H2,1H3,(H,19,23). The number of amides is 1. The van der Waals surface area contributed by atoms with E-state index >= 15 is 0 Å². The van der Waals surface area contributed by atoms with Gasteiger partial charge in [0.25, 0.3) is 5.91 Å². The van der Waals surface area contributed by atoms with Crippen LogP contribution in [-0.4, -0.2) is 35.7 Å². The third-order valence-electron chi connectivity index (χ3n) is 4.27. The van der Waals surface area contributed by atoms with Gasteiger partial charge in [0.05, 0.1) is 5.56 Å². The van der Waals surface area contributed by atoms with Crippen molar-refractivity contribution < 1.29 is 9.32 Å². The number of hydrogen-bond donors (Lipinski definition) is 1. The number of carbonyl (C=O) groups is 1. The second kappa shape index (κ2) is 7.13. The fraction of sp³-hybridized carbons (Fsp3) is 0.412. The van der Waals surface area contributed by atoms with Crippen molar-refractivity contribution in [2.45, 2.75) is 19.8 Å². The Kier molecular flexibility index (Phi) is 4.75. The van der Waals surface area contributed by atoms with E-state index in [1.165, 1.54) is 6.26 Å². The summed E-state index contributed by atoms with van der Waals surface area (Å²) in [6.07, 6.45) is 3.27. The molecule has 2 aromatic rings. The lowest BCUT2D eigenvalue weighted by atomic mass is 9.96. The van der Waals surface area contributed by atoms with Crippen molar-refractivity contribution in [1.29, 1.82) is 5.26 Å². The minimum atomic E-state index is -0.210. The SMILES string of the molecule is Cc1ccc(C#N)c(N2CCC(CNC(=O)c3ccon3)CC2)n1. The first-order valence-corrected chi connectivity index (χ1v) is 7.98. The summed E-state index contributed by atoms with van der Waals surface area (Å²) < 4.78 is 4.67. The molecule has 0 unspecified atom stereocenters. The zero-order valence-electron chi connectivity index (χ0n) is 13.5. The van der Waals surface area contributed by atoms with E-state index in [0.717, 1.165) is 37.4 Å². The van der Waals surface area contributed by atoms with E-state index < -0.39 is 0 Å². The molecule has 1 saturated heterocycles. The van der Waals surface area contributed by atoms with Gasteiger partial charge < -0.3 is 14.7 Å². The topological polar surface area (TPSA) is 95.1 Å². The molecule has 3 rings (SSSR count). The van der Waals surface area contributed by atoms with Crippen molar-refractivity contribution in [3.05, 3.63) is 41.4 Å². The average molecular weight is 325 g/mol. The van der Waals surface area contributed by atoms with Crippen LogP contribution >= 0.6 is 0 Å². The number of aryl methyl sites for hydroxylation is 1. The van der Waals surface area contributed by atoms with E-state index in [4.69, 9.17) is 0 Å². The molecule has 2 aromatic heterocycles.